The minimum absolute atomic E-state index is 0.0179. The average Bonchev–Trinajstić information content (AvgIpc) is 3.24. The highest BCUT2D eigenvalue weighted by atomic mass is 79.9. The summed E-state index contributed by atoms with van der Waals surface area (Å²) in [5.74, 6) is -0.491. The molecule has 0 radical (unpaired) electrons. The van der Waals surface area contributed by atoms with E-state index in [4.69, 9.17) is 0 Å². The Balaban J connectivity index is 1.90. The molecule has 0 bridgehead atoms. The van der Waals surface area contributed by atoms with Crippen molar-refractivity contribution in [1.29, 1.82) is 5.26 Å². The van der Waals surface area contributed by atoms with Crippen LogP contribution in [0, 0.1) is 25.2 Å². The van der Waals surface area contributed by atoms with E-state index in [1.54, 1.807) is 6.08 Å². The molecule has 3 rings (SSSR count). The van der Waals surface area contributed by atoms with Crippen LogP contribution in [0.3, 0.4) is 0 Å². The molecule has 2 aromatic heterocycles. The molecule has 6 nitrogen and oxygen atoms in total. The highest BCUT2D eigenvalue weighted by Gasteiger charge is 2.15. The van der Waals surface area contributed by atoms with E-state index >= 15 is 0 Å². The monoisotopic (exact) mass is 455 g/mol. The van der Waals surface area contributed by atoms with E-state index in [2.05, 4.69) is 36.0 Å². The molecular weight excluding hydrogens is 438 g/mol. The van der Waals surface area contributed by atoms with Crippen molar-refractivity contribution < 1.29 is 4.79 Å². The first kappa shape index (κ1) is 20.0. The van der Waals surface area contributed by atoms with Gasteiger partial charge in [-0.15, -0.1) is 10.2 Å². The van der Waals surface area contributed by atoms with Crippen LogP contribution in [-0.4, -0.2) is 20.7 Å². The highest BCUT2D eigenvalue weighted by Crippen LogP contribution is 2.24. The Labute approximate surface area is 175 Å². The fourth-order valence-electron chi connectivity index (χ4n) is 2.84. The van der Waals surface area contributed by atoms with Crippen LogP contribution in [0.5, 0.6) is 0 Å². The quantitative estimate of drug-likeness (QED) is 0.441. The van der Waals surface area contributed by atoms with Gasteiger partial charge in [0.05, 0.1) is 0 Å². The van der Waals surface area contributed by atoms with Crippen molar-refractivity contribution in [2.24, 2.45) is 0 Å². The molecule has 0 saturated carbocycles. The van der Waals surface area contributed by atoms with Crippen LogP contribution in [0.15, 0.2) is 40.4 Å². The lowest BCUT2D eigenvalue weighted by atomic mass is 10.1. The number of hydrogen-bond acceptors (Lipinski definition) is 5. The summed E-state index contributed by atoms with van der Waals surface area (Å²) >= 11 is 4.75. The molecule has 0 atom stereocenters. The Hall–Kier alpha value is -2.76. The molecule has 0 aliphatic rings. The van der Waals surface area contributed by atoms with Gasteiger partial charge >= 0.3 is 0 Å². The van der Waals surface area contributed by atoms with Crippen LogP contribution in [0.1, 0.15) is 28.9 Å². The lowest BCUT2D eigenvalue weighted by Crippen LogP contribution is -2.13. The van der Waals surface area contributed by atoms with Gasteiger partial charge in [0.15, 0.2) is 0 Å². The number of nitriles is 1. The maximum Gasteiger partial charge on any atom is 0.268 e. The maximum atomic E-state index is 12.5. The van der Waals surface area contributed by atoms with Crippen LogP contribution in [0.2, 0.25) is 0 Å². The molecule has 0 spiro atoms. The van der Waals surface area contributed by atoms with Crippen molar-refractivity contribution in [2.45, 2.75) is 27.2 Å². The number of aromatic nitrogens is 3. The Kier molecular flexibility index (Phi) is 6.07. The molecule has 0 aliphatic heterocycles. The van der Waals surface area contributed by atoms with Gasteiger partial charge in [-0.05, 0) is 62.2 Å². The van der Waals surface area contributed by atoms with Gasteiger partial charge in [-0.2, -0.15) is 5.26 Å². The molecule has 1 N–H and O–H groups in total. The molecule has 2 heterocycles. The van der Waals surface area contributed by atoms with Gasteiger partial charge in [0, 0.05) is 21.5 Å². The molecule has 0 unspecified atom stereocenters. The molecule has 142 valence electrons. The van der Waals surface area contributed by atoms with Gasteiger partial charge in [-0.3, -0.25) is 10.1 Å². The highest BCUT2D eigenvalue weighted by molar-refractivity contribution is 9.10. The zero-order chi connectivity index (χ0) is 20.3. The van der Waals surface area contributed by atoms with E-state index in [0.717, 1.165) is 38.5 Å². The summed E-state index contributed by atoms with van der Waals surface area (Å²) in [6.45, 7) is 5.92. The Bertz CT molecular complexity index is 1090. The number of nitrogens with zero attached hydrogens (tertiary/aromatic N) is 4. The van der Waals surface area contributed by atoms with Crippen molar-refractivity contribution in [1.82, 2.24) is 14.8 Å². The van der Waals surface area contributed by atoms with Gasteiger partial charge in [0.25, 0.3) is 5.91 Å². The predicted molar refractivity (Wildman–Crippen MR) is 114 cm³/mol. The first-order chi connectivity index (χ1) is 13.4. The SMILES string of the molecule is CCc1nnc(NC(=O)/C(C#N)=C\c2cc(C)n(-c3ccc(Br)cc3)c2C)s1. The number of amides is 1. The number of nitrogens with one attached hydrogen (secondary N) is 1. The molecule has 3 aromatic rings. The van der Waals surface area contributed by atoms with E-state index in [1.807, 2.05) is 57.2 Å². The predicted octanol–water partition coefficient (Wildman–Crippen LogP) is 4.82. The number of halogens is 1. The standard InChI is InChI=1S/C20H18BrN5OS/c1-4-18-24-25-20(28-18)23-19(27)15(11-22)10-14-9-12(2)26(13(14)3)17-7-5-16(21)6-8-17/h5-10H,4H2,1-3H3,(H,23,25,27)/b15-10-. The van der Waals surface area contributed by atoms with Crippen LogP contribution < -0.4 is 5.32 Å². The van der Waals surface area contributed by atoms with Crippen molar-refractivity contribution in [3.8, 4) is 11.8 Å². The van der Waals surface area contributed by atoms with Crippen molar-refractivity contribution in [3.63, 3.8) is 0 Å². The summed E-state index contributed by atoms with van der Waals surface area (Å²) < 4.78 is 3.09. The summed E-state index contributed by atoms with van der Waals surface area (Å²) in [5.41, 5.74) is 3.81. The topological polar surface area (TPSA) is 83.6 Å². The number of carbonyl (C=O) groups is 1. The van der Waals surface area contributed by atoms with E-state index in [9.17, 15) is 10.1 Å². The molecular formula is C20H18BrN5OS. The third-order valence-electron chi connectivity index (χ3n) is 4.21. The fraction of sp³-hybridized carbons (Fsp3) is 0.200. The molecule has 0 aliphatic carbocycles. The lowest BCUT2D eigenvalue weighted by molar-refractivity contribution is -0.112. The van der Waals surface area contributed by atoms with Crippen LogP contribution >= 0.6 is 27.3 Å². The summed E-state index contributed by atoms with van der Waals surface area (Å²) in [7, 11) is 0. The second-order valence-corrected chi connectivity index (χ2v) is 8.09. The Morgan fingerprint density at radius 2 is 2.04 bits per heavy atom. The molecule has 1 amide bonds. The average molecular weight is 456 g/mol. The third kappa shape index (κ3) is 4.21. The first-order valence-corrected chi connectivity index (χ1v) is 10.2. The van der Waals surface area contributed by atoms with Gasteiger partial charge in [0.2, 0.25) is 5.13 Å². The van der Waals surface area contributed by atoms with Crippen molar-refractivity contribution >= 4 is 44.4 Å². The fourth-order valence-corrected chi connectivity index (χ4v) is 3.78. The molecule has 0 fully saturated rings. The van der Waals surface area contributed by atoms with Gasteiger partial charge in [-0.25, -0.2) is 0 Å². The smallest absolute Gasteiger partial charge is 0.268 e. The summed E-state index contributed by atoms with van der Waals surface area (Å²) in [5, 5.41) is 21.2. The van der Waals surface area contributed by atoms with Crippen LogP contribution in [0.25, 0.3) is 11.8 Å². The second-order valence-electron chi connectivity index (χ2n) is 6.12. The Morgan fingerprint density at radius 1 is 1.32 bits per heavy atom. The Morgan fingerprint density at radius 3 is 2.64 bits per heavy atom. The summed E-state index contributed by atoms with van der Waals surface area (Å²) in [4.78, 5) is 12.5. The van der Waals surface area contributed by atoms with Crippen molar-refractivity contribution in [3.05, 3.63) is 62.3 Å². The van der Waals surface area contributed by atoms with Gasteiger partial charge < -0.3 is 4.57 Å². The van der Waals surface area contributed by atoms with E-state index < -0.39 is 5.91 Å². The minimum Gasteiger partial charge on any atom is -0.318 e. The van der Waals surface area contributed by atoms with E-state index in [1.165, 1.54) is 11.3 Å². The number of aryl methyl sites for hydroxylation is 2. The largest absolute Gasteiger partial charge is 0.318 e. The van der Waals surface area contributed by atoms with E-state index in [0.29, 0.717) is 5.13 Å². The minimum atomic E-state index is -0.491. The summed E-state index contributed by atoms with van der Waals surface area (Å²) in [6.07, 6.45) is 2.35. The van der Waals surface area contributed by atoms with E-state index in [-0.39, 0.29) is 5.57 Å². The number of anilines is 1. The number of hydrogen-bond donors (Lipinski definition) is 1. The third-order valence-corrected chi connectivity index (χ3v) is 5.72. The summed E-state index contributed by atoms with van der Waals surface area (Å²) in [6, 6.07) is 11.9. The second kappa shape index (κ2) is 8.50. The number of benzene rings is 1. The van der Waals surface area contributed by atoms with Crippen LogP contribution in [-0.2, 0) is 11.2 Å². The number of rotatable bonds is 5. The molecule has 8 heteroatoms. The van der Waals surface area contributed by atoms with Gasteiger partial charge in [0.1, 0.15) is 16.6 Å². The van der Waals surface area contributed by atoms with Gasteiger partial charge in [-0.1, -0.05) is 34.2 Å². The number of carbonyl (C=O) groups excluding carboxylic acids is 1. The normalized spacial score (nSPS) is 11.3. The molecule has 1 aromatic carbocycles. The van der Waals surface area contributed by atoms with Crippen LogP contribution in [0.4, 0.5) is 5.13 Å². The molecule has 0 saturated heterocycles. The maximum absolute atomic E-state index is 12.5. The molecule has 28 heavy (non-hydrogen) atoms. The van der Waals surface area contributed by atoms with Crippen molar-refractivity contribution in [2.75, 3.05) is 5.32 Å². The first-order valence-electron chi connectivity index (χ1n) is 8.63. The zero-order valence-corrected chi connectivity index (χ0v) is 18.1. The zero-order valence-electron chi connectivity index (χ0n) is 15.7. The lowest BCUT2D eigenvalue weighted by Gasteiger charge is -2.09.